The molecule has 0 spiro atoms. The molecule has 116 valence electrons. The van der Waals surface area contributed by atoms with Gasteiger partial charge >= 0.3 is 0 Å². The van der Waals surface area contributed by atoms with Gasteiger partial charge in [0, 0.05) is 6.54 Å². The quantitative estimate of drug-likeness (QED) is 0.575. The van der Waals surface area contributed by atoms with E-state index in [0.717, 1.165) is 28.3 Å². The number of rotatable bonds is 4. The summed E-state index contributed by atoms with van der Waals surface area (Å²) < 4.78 is 2.86. The van der Waals surface area contributed by atoms with Crippen molar-refractivity contribution in [1.82, 2.24) is 19.5 Å². The molecule has 0 saturated heterocycles. The van der Waals surface area contributed by atoms with Crippen LogP contribution in [-0.2, 0) is 12.3 Å². The number of nitrogens with zero attached hydrogens (tertiary/aromatic N) is 3. The summed E-state index contributed by atoms with van der Waals surface area (Å²) >= 11 is 3.01. The molecule has 1 N–H and O–H groups in total. The lowest BCUT2D eigenvalue weighted by Gasteiger charge is -2.05. The van der Waals surface area contributed by atoms with Crippen molar-refractivity contribution in [3.63, 3.8) is 0 Å². The molecular formula is C16H14N4OS2. The SMILES string of the molecule is CCn1c(SCc2nc3ccsc3c(=O)[nH]2)nc2ccccc21. The molecule has 0 amide bonds. The van der Waals surface area contributed by atoms with Gasteiger partial charge in [0.1, 0.15) is 10.5 Å². The van der Waals surface area contributed by atoms with Crippen molar-refractivity contribution in [3.05, 3.63) is 51.9 Å². The molecule has 1 aromatic carbocycles. The van der Waals surface area contributed by atoms with Gasteiger partial charge in [0.15, 0.2) is 5.16 Å². The van der Waals surface area contributed by atoms with Gasteiger partial charge < -0.3 is 9.55 Å². The van der Waals surface area contributed by atoms with Gasteiger partial charge in [0.05, 0.1) is 22.3 Å². The summed E-state index contributed by atoms with van der Waals surface area (Å²) in [5.41, 5.74) is 2.82. The fourth-order valence-electron chi connectivity index (χ4n) is 2.59. The summed E-state index contributed by atoms with van der Waals surface area (Å²) in [6, 6.07) is 9.99. The van der Waals surface area contributed by atoms with Crippen molar-refractivity contribution in [2.75, 3.05) is 0 Å². The molecule has 23 heavy (non-hydrogen) atoms. The number of aromatic nitrogens is 4. The van der Waals surface area contributed by atoms with E-state index in [9.17, 15) is 4.79 Å². The molecule has 0 aliphatic carbocycles. The van der Waals surface area contributed by atoms with E-state index in [1.807, 2.05) is 29.6 Å². The van der Waals surface area contributed by atoms with Crippen molar-refractivity contribution < 1.29 is 0 Å². The van der Waals surface area contributed by atoms with Gasteiger partial charge in [-0.15, -0.1) is 11.3 Å². The van der Waals surface area contributed by atoms with Gasteiger partial charge in [-0.25, -0.2) is 9.97 Å². The summed E-state index contributed by atoms with van der Waals surface area (Å²) in [5, 5.41) is 2.84. The number of aryl methyl sites for hydroxylation is 1. The number of imidazole rings is 1. The van der Waals surface area contributed by atoms with E-state index >= 15 is 0 Å². The molecule has 0 aliphatic rings. The average molecular weight is 342 g/mol. The van der Waals surface area contributed by atoms with Crippen LogP contribution in [0.3, 0.4) is 0 Å². The number of thiophene rings is 1. The van der Waals surface area contributed by atoms with Crippen molar-refractivity contribution >= 4 is 44.3 Å². The molecule has 0 radical (unpaired) electrons. The Kier molecular flexibility index (Phi) is 3.66. The molecule has 0 aliphatic heterocycles. The van der Waals surface area contributed by atoms with Crippen LogP contribution >= 0.6 is 23.1 Å². The number of hydrogen-bond donors (Lipinski definition) is 1. The first-order valence-electron chi connectivity index (χ1n) is 7.30. The van der Waals surface area contributed by atoms with Crippen LogP contribution in [-0.4, -0.2) is 19.5 Å². The lowest BCUT2D eigenvalue weighted by Crippen LogP contribution is -2.09. The number of hydrogen-bond acceptors (Lipinski definition) is 5. The van der Waals surface area contributed by atoms with Crippen LogP contribution in [0, 0.1) is 0 Å². The average Bonchev–Trinajstić information content (AvgIpc) is 3.16. The highest BCUT2D eigenvalue weighted by atomic mass is 32.2. The molecule has 3 aromatic heterocycles. The smallest absolute Gasteiger partial charge is 0.268 e. The van der Waals surface area contributed by atoms with Gasteiger partial charge in [0.25, 0.3) is 5.56 Å². The largest absolute Gasteiger partial charge is 0.319 e. The standard InChI is InChI=1S/C16H14N4OS2/c1-2-20-12-6-4-3-5-10(12)18-16(20)23-9-13-17-11-7-8-22-14(11)15(21)19-13/h3-8H,2,9H2,1H3,(H,17,19,21). The van der Waals surface area contributed by atoms with Gasteiger partial charge in [-0.2, -0.15) is 0 Å². The lowest BCUT2D eigenvalue weighted by molar-refractivity contribution is 0.702. The number of aromatic amines is 1. The van der Waals surface area contributed by atoms with Crippen LogP contribution in [0.4, 0.5) is 0 Å². The third-order valence-corrected chi connectivity index (χ3v) is 5.53. The highest BCUT2D eigenvalue weighted by Crippen LogP contribution is 2.26. The molecule has 0 atom stereocenters. The minimum absolute atomic E-state index is 0.0652. The second kappa shape index (κ2) is 5.82. The Morgan fingerprint density at radius 3 is 2.96 bits per heavy atom. The highest BCUT2D eigenvalue weighted by Gasteiger charge is 2.11. The van der Waals surface area contributed by atoms with Crippen molar-refractivity contribution in [2.45, 2.75) is 24.4 Å². The topological polar surface area (TPSA) is 63.6 Å². The lowest BCUT2D eigenvalue weighted by atomic mass is 10.3. The van der Waals surface area contributed by atoms with Crippen molar-refractivity contribution in [3.8, 4) is 0 Å². The van der Waals surface area contributed by atoms with E-state index < -0.39 is 0 Å². The minimum atomic E-state index is -0.0652. The summed E-state index contributed by atoms with van der Waals surface area (Å²) in [4.78, 5) is 24.1. The fourth-order valence-corrected chi connectivity index (χ4v) is 4.27. The van der Waals surface area contributed by atoms with Gasteiger partial charge in [-0.3, -0.25) is 4.79 Å². The maximum atomic E-state index is 12.0. The maximum Gasteiger partial charge on any atom is 0.268 e. The molecular weight excluding hydrogens is 328 g/mol. The first kappa shape index (κ1) is 14.5. The Balaban J connectivity index is 1.66. The summed E-state index contributed by atoms with van der Waals surface area (Å²) in [6.45, 7) is 2.96. The Bertz CT molecular complexity index is 1050. The predicted molar refractivity (Wildman–Crippen MR) is 95.2 cm³/mol. The summed E-state index contributed by atoms with van der Waals surface area (Å²) in [7, 11) is 0. The third kappa shape index (κ3) is 2.55. The first-order chi connectivity index (χ1) is 11.3. The summed E-state index contributed by atoms with van der Waals surface area (Å²) in [5.74, 6) is 1.27. The minimum Gasteiger partial charge on any atom is -0.319 e. The van der Waals surface area contributed by atoms with Crippen molar-refractivity contribution in [1.29, 1.82) is 0 Å². The van der Waals surface area contributed by atoms with Gasteiger partial charge in [0.2, 0.25) is 0 Å². The van der Waals surface area contributed by atoms with E-state index in [-0.39, 0.29) is 5.56 Å². The molecule has 0 unspecified atom stereocenters. The van der Waals surface area contributed by atoms with Crippen LogP contribution in [0.1, 0.15) is 12.7 Å². The number of fused-ring (bicyclic) bond motifs is 2. The zero-order valence-electron chi connectivity index (χ0n) is 12.4. The second-order valence-electron chi connectivity index (χ2n) is 5.06. The van der Waals surface area contributed by atoms with Crippen LogP contribution in [0.25, 0.3) is 21.3 Å². The Morgan fingerprint density at radius 2 is 2.09 bits per heavy atom. The fraction of sp³-hybridized carbons (Fsp3) is 0.188. The molecule has 4 aromatic rings. The normalized spacial score (nSPS) is 11.5. The third-order valence-electron chi connectivity index (χ3n) is 3.64. The number of thioether (sulfide) groups is 1. The van der Waals surface area contributed by atoms with E-state index in [2.05, 4.69) is 32.5 Å². The van der Waals surface area contributed by atoms with Gasteiger partial charge in [-0.05, 0) is 30.5 Å². The van der Waals surface area contributed by atoms with Crippen LogP contribution in [0.2, 0.25) is 0 Å². The molecule has 5 nitrogen and oxygen atoms in total. The van der Waals surface area contributed by atoms with Crippen LogP contribution in [0.5, 0.6) is 0 Å². The zero-order chi connectivity index (χ0) is 15.8. The summed E-state index contributed by atoms with van der Waals surface area (Å²) in [6.07, 6.45) is 0. The molecule has 4 rings (SSSR count). The van der Waals surface area contributed by atoms with E-state index in [0.29, 0.717) is 16.3 Å². The number of benzene rings is 1. The molecule has 0 saturated carbocycles. The number of para-hydroxylation sites is 2. The van der Waals surface area contributed by atoms with E-state index in [4.69, 9.17) is 0 Å². The van der Waals surface area contributed by atoms with Gasteiger partial charge in [-0.1, -0.05) is 23.9 Å². The Hall–Kier alpha value is -2.12. The molecule has 0 fully saturated rings. The zero-order valence-corrected chi connectivity index (χ0v) is 14.1. The predicted octanol–water partition coefficient (Wildman–Crippen LogP) is 3.65. The highest BCUT2D eigenvalue weighted by molar-refractivity contribution is 7.98. The van der Waals surface area contributed by atoms with Crippen molar-refractivity contribution in [2.24, 2.45) is 0 Å². The molecule has 0 bridgehead atoms. The Labute approximate surface area is 140 Å². The van der Waals surface area contributed by atoms with E-state index in [1.165, 1.54) is 11.3 Å². The Morgan fingerprint density at radius 1 is 1.22 bits per heavy atom. The number of H-pyrrole nitrogens is 1. The maximum absolute atomic E-state index is 12.0. The monoisotopic (exact) mass is 342 g/mol. The first-order valence-corrected chi connectivity index (χ1v) is 9.17. The van der Waals surface area contributed by atoms with Crippen LogP contribution in [0.15, 0.2) is 45.7 Å². The van der Waals surface area contributed by atoms with E-state index in [1.54, 1.807) is 11.8 Å². The number of nitrogens with one attached hydrogen (secondary N) is 1. The molecule has 3 heterocycles. The molecule has 7 heteroatoms. The van der Waals surface area contributed by atoms with Crippen LogP contribution < -0.4 is 5.56 Å². The second-order valence-corrected chi connectivity index (χ2v) is 6.92.